The highest BCUT2D eigenvalue weighted by molar-refractivity contribution is 5.94. The molecule has 0 aliphatic rings. The lowest BCUT2D eigenvalue weighted by Gasteiger charge is -2.25. The summed E-state index contributed by atoms with van der Waals surface area (Å²) in [5.74, 6) is -3.10. The van der Waals surface area contributed by atoms with Crippen molar-refractivity contribution < 1.29 is 24.3 Å². The molecule has 0 aliphatic carbocycles. The van der Waals surface area contributed by atoms with Crippen LogP contribution in [0.1, 0.15) is 39.7 Å². The van der Waals surface area contributed by atoms with E-state index in [1.807, 2.05) is 13.0 Å². The van der Waals surface area contributed by atoms with Crippen LogP contribution in [0.4, 0.5) is 0 Å². The van der Waals surface area contributed by atoms with Gasteiger partial charge in [0.2, 0.25) is 17.7 Å². The maximum Gasteiger partial charge on any atom is 0.326 e. The largest absolute Gasteiger partial charge is 0.480 e. The van der Waals surface area contributed by atoms with Gasteiger partial charge in [-0.15, -0.1) is 0 Å². The summed E-state index contributed by atoms with van der Waals surface area (Å²) in [7, 11) is 0. The molecule has 1 aromatic carbocycles. The average Bonchev–Trinajstić information content (AvgIpc) is 2.70. The van der Waals surface area contributed by atoms with Gasteiger partial charge in [0.25, 0.3) is 0 Å². The first-order valence-electron chi connectivity index (χ1n) is 10.00. The van der Waals surface area contributed by atoms with E-state index in [2.05, 4.69) is 16.0 Å². The van der Waals surface area contributed by atoms with Gasteiger partial charge in [-0.1, -0.05) is 50.6 Å². The highest BCUT2D eigenvalue weighted by atomic mass is 16.4. The first-order valence-corrected chi connectivity index (χ1v) is 10.00. The first kappa shape index (κ1) is 25.1. The van der Waals surface area contributed by atoms with E-state index in [9.17, 15) is 24.3 Å². The number of rotatable bonds is 11. The molecule has 0 radical (unpaired) electrons. The summed E-state index contributed by atoms with van der Waals surface area (Å²) in [5, 5.41) is 17.1. The summed E-state index contributed by atoms with van der Waals surface area (Å²) in [6.45, 7) is 6.53. The van der Waals surface area contributed by atoms with Crippen LogP contribution in [0, 0.1) is 5.92 Å². The second-order valence-electron chi connectivity index (χ2n) is 7.48. The third-order valence-corrected chi connectivity index (χ3v) is 4.86. The van der Waals surface area contributed by atoms with Gasteiger partial charge in [0, 0.05) is 6.42 Å². The molecule has 166 valence electrons. The number of carbonyl (C=O) groups is 4. The normalized spacial score (nSPS) is 15.8. The quantitative estimate of drug-likeness (QED) is 0.345. The van der Waals surface area contributed by atoms with Crippen LogP contribution in [-0.2, 0) is 25.6 Å². The molecule has 0 saturated carbocycles. The summed E-state index contributed by atoms with van der Waals surface area (Å²) in [6, 6.07) is 5.25. The molecule has 0 heterocycles. The van der Waals surface area contributed by atoms with Gasteiger partial charge in [0.1, 0.15) is 18.1 Å². The lowest BCUT2D eigenvalue weighted by Crippen LogP contribution is -2.57. The summed E-state index contributed by atoms with van der Waals surface area (Å²) in [6.07, 6.45) is 0.729. The van der Waals surface area contributed by atoms with Crippen molar-refractivity contribution in [3.63, 3.8) is 0 Å². The van der Waals surface area contributed by atoms with Crippen LogP contribution in [0.25, 0.3) is 0 Å². The Morgan fingerprint density at radius 2 is 1.53 bits per heavy atom. The maximum atomic E-state index is 12.9. The molecule has 0 spiro atoms. The van der Waals surface area contributed by atoms with E-state index in [1.54, 1.807) is 31.2 Å². The third kappa shape index (κ3) is 7.82. The number of carboxylic acids is 1. The zero-order valence-electron chi connectivity index (χ0n) is 17.8. The molecule has 0 saturated heterocycles. The second kappa shape index (κ2) is 11.9. The second-order valence-corrected chi connectivity index (χ2v) is 7.48. The molecular weight excluding hydrogens is 388 g/mol. The van der Waals surface area contributed by atoms with Crippen molar-refractivity contribution in [1.82, 2.24) is 16.0 Å². The van der Waals surface area contributed by atoms with Crippen molar-refractivity contribution in [3.05, 3.63) is 35.9 Å². The number of nitrogens with one attached hydrogen (secondary N) is 3. The van der Waals surface area contributed by atoms with Gasteiger partial charge in [0.15, 0.2) is 0 Å². The fraction of sp³-hybridized carbons (Fsp3) is 0.524. The van der Waals surface area contributed by atoms with Crippen molar-refractivity contribution in [2.24, 2.45) is 11.7 Å². The number of hydrogen-bond donors (Lipinski definition) is 5. The van der Waals surface area contributed by atoms with Gasteiger partial charge >= 0.3 is 5.97 Å². The molecule has 6 N–H and O–H groups in total. The van der Waals surface area contributed by atoms with Crippen LogP contribution in [0.5, 0.6) is 0 Å². The number of carboxylic acid groups (broad SMARTS) is 1. The summed E-state index contributed by atoms with van der Waals surface area (Å²) < 4.78 is 0. The number of carbonyl (C=O) groups excluding carboxylic acids is 3. The third-order valence-electron chi connectivity index (χ3n) is 4.86. The van der Waals surface area contributed by atoms with Gasteiger partial charge in [-0.2, -0.15) is 0 Å². The number of amides is 3. The Morgan fingerprint density at radius 1 is 0.933 bits per heavy atom. The van der Waals surface area contributed by atoms with Gasteiger partial charge in [-0.05, 0) is 25.3 Å². The average molecular weight is 421 g/mol. The van der Waals surface area contributed by atoms with Crippen LogP contribution >= 0.6 is 0 Å². The van der Waals surface area contributed by atoms with Crippen molar-refractivity contribution in [2.45, 2.75) is 64.7 Å². The molecule has 0 fully saturated rings. The van der Waals surface area contributed by atoms with Gasteiger partial charge in [0.05, 0.1) is 6.04 Å². The monoisotopic (exact) mass is 420 g/mol. The Hall–Kier alpha value is -2.94. The van der Waals surface area contributed by atoms with Crippen LogP contribution in [0.3, 0.4) is 0 Å². The van der Waals surface area contributed by atoms with E-state index < -0.39 is 47.9 Å². The summed E-state index contributed by atoms with van der Waals surface area (Å²) >= 11 is 0. The molecule has 0 bridgehead atoms. The van der Waals surface area contributed by atoms with Gasteiger partial charge in [-0.25, -0.2) is 4.79 Å². The van der Waals surface area contributed by atoms with Crippen LogP contribution < -0.4 is 21.7 Å². The first-order chi connectivity index (χ1) is 14.1. The van der Waals surface area contributed by atoms with Crippen molar-refractivity contribution in [1.29, 1.82) is 0 Å². The molecule has 5 atom stereocenters. The minimum absolute atomic E-state index is 0.166. The highest BCUT2D eigenvalue weighted by Crippen LogP contribution is 2.10. The van der Waals surface area contributed by atoms with Crippen LogP contribution in [0.15, 0.2) is 30.3 Å². The standard InChI is InChI=1S/C21H32N4O5/c1-5-12(2)17(21(29)30)25-20(28)16(11-15-9-7-6-8-10-15)24-19(27)14(4)23-18(26)13(3)22/h6-10,12-14,16-17H,5,11,22H2,1-4H3,(H,23,26)(H,24,27)(H,25,28)(H,29,30). The Labute approximate surface area is 176 Å². The molecule has 0 aliphatic heterocycles. The van der Waals surface area contributed by atoms with E-state index in [0.717, 1.165) is 5.56 Å². The number of nitrogens with two attached hydrogens (primary N) is 1. The lowest BCUT2D eigenvalue weighted by molar-refractivity contribution is -0.143. The van der Waals surface area contributed by atoms with Crippen molar-refractivity contribution >= 4 is 23.7 Å². The Balaban J connectivity index is 2.98. The molecular formula is C21H32N4O5. The molecule has 5 unspecified atom stereocenters. The molecule has 1 aromatic rings. The van der Waals surface area contributed by atoms with E-state index in [1.165, 1.54) is 13.8 Å². The number of hydrogen-bond acceptors (Lipinski definition) is 5. The van der Waals surface area contributed by atoms with Crippen LogP contribution in [0.2, 0.25) is 0 Å². The topological polar surface area (TPSA) is 151 Å². The number of benzene rings is 1. The predicted molar refractivity (Wildman–Crippen MR) is 112 cm³/mol. The number of aliphatic carboxylic acids is 1. The molecule has 9 heteroatoms. The van der Waals surface area contributed by atoms with Crippen LogP contribution in [-0.4, -0.2) is 53.0 Å². The highest BCUT2D eigenvalue weighted by Gasteiger charge is 2.30. The molecule has 1 rings (SSSR count). The van der Waals surface area contributed by atoms with E-state index in [-0.39, 0.29) is 12.3 Å². The lowest BCUT2D eigenvalue weighted by atomic mass is 9.98. The minimum atomic E-state index is -1.14. The van der Waals surface area contributed by atoms with Crippen molar-refractivity contribution in [2.75, 3.05) is 0 Å². The van der Waals surface area contributed by atoms with E-state index in [4.69, 9.17) is 5.73 Å². The molecule has 3 amide bonds. The predicted octanol–water partition coefficient (Wildman–Crippen LogP) is 0.181. The van der Waals surface area contributed by atoms with Gasteiger partial charge in [-0.3, -0.25) is 14.4 Å². The minimum Gasteiger partial charge on any atom is -0.480 e. The molecule has 0 aromatic heterocycles. The zero-order valence-corrected chi connectivity index (χ0v) is 17.8. The molecule has 30 heavy (non-hydrogen) atoms. The fourth-order valence-electron chi connectivity index (χ4n) is 2.70. The molecule has 9 nitrogen and oxygen atoms in total. The SMILES string of the molecule is CCC(C)C(NC(=O)C(Cc1ccccc1)NC(=O)C(C)NC(=O)C(C)N)C(=O)O. The summed E-state index contributed by atoms with van der Waals surface area (Å²) in [5.41, 5.74) is 6.29. The van der Waals surface area contributed by atoms with E-state index >= 15 is 0 Å². The van der Waals surface area contributed by atoms with Gasteiger partial charge < -0.3 is 26.8 Å². The maximum absolute atomic E-state index is 12.9. The smallest absolute Gasteiger partial charge is 0.326 e. The summed E-state index contributed by atoms with van der Waals surface area (Å²) in [4.78, 5) is 48.7. The Kier molecular flexibility index (Phi) is 9.97. The Morgan fingerprint density at radius 3 is 2.03 bits per heavy atom. The fourth-order valence-corrected chi connectivity index (χ4v) is 2.70. The zero-order chi connectivity index (χ0) is 22.8. The van der Waals surface area contributed by atoms with E-state index in [0.29, 0.717) is 6.42 Å². The Bertz CT molecular complexity index is 738. The van der Waals surface area contributed by atoms with Crippen molar-refractivity contribution in [3.8, 4) is 0 Å².